The summed E-state index contributed by atoms with van der Waals surface area (Å²) < 4.78 is 0. The van der Waals surface area contributed by atoms with Crippen LogP contribution in [0.15, 0.2) is 89.0 Å². The molecule has 5 rings (SSSR count). The highest BCUT2D eigenvalue weighted by atomic mass is 14.8. The standard InChI is InChI=1S/C27H23N3/c1-18-8-5-9-19(2)25(18)30-27-23-14-7-11-20-10-6-13-22(24(20)23)26(27)29-17-15-21-12-3-4-16-28-21/h3-14,16H,15,17H2,1-2H3/b29-26+,30-27+. The van der Waals surface area contributed by atoms with Crippen molar-refractivity contribution in [2.75, 3.05) is 6.54 Å². The Kier molecular flexibility index (Phi) is 4.72. The minimum Gasteiger partial charge on any atom is -0.282 e. The lowest BCUT2D eigenvalue weighted by Crippen LogP contribution is -2.12. The van der Waals surface area contributed by atoms with Gasteiger partial charge in [0.2, 0.25) is 0 Å². The Bertz CT molecular complexity index is 1280. The predicted octanol–water partition coefficient (Wildman–Crippen LogP) is 6.02. The zero-order chi connectivity index (χ0) is 20.5. The average Bonchev–Trinajstić information content (AvgIpc) is 3.06. The van der Waals surface area contributed by atoms with Crippen LogP contribution in [0.25, 0.3) is 10.8 Å². The molecule has 146 valence electrons. The molecule has 0 atom stereocenters. The Morgan fingerprint density at radius 3 is 2.13 bits per heavy atom. The summed E-state index contributed by atoms with van der Waals surface area (Å²) in [5, 5.41) is 2.48. The summed E-state index contributed by atoms with van der Waals surface area (Å²) in [4.78, 5) is 14.6. The third-order valence-corrected chi connectivity index (χ3v) is 5.67. The van der Waals surface area contributed by atoms with Gasteiger partial charge in [0.1, 0.15) is 0 Å². The van der Waals surface area contributed by atoms with Crippen LogP contribution in [0.5, 0.6) is 0 Å². The maximum atomic E-state index is 5.17. The van der Waals surface area contributed by atoms with Crippen molar-refractivity contribution >= 4 is 27.9 Å². The van der Waals surface area contributed by atoms with Crippen molar-refractivity contribution in [1.82, 2.24) is 4.98 Å². The van der Waals surface area contributed by atoms with Gasteiger partial charge in [0.25, 0.3) is 0 Å². The summed E-state index contributed by atoms with van der Waals surface area (Å²) >= 11 is 0. The molecule has 30 heavy (non-hydrogen) atoms. The second-order valence-electron chi connectivity index (χ2n) is 7.71. The normalized spacial score (nSPS) is 15.4. The predicted molar refractivity (Wildman–Crippen MR) is 125 cm³/mol. The van der Waals surface area contributed by atoms with Gasteiger partial charge < -0.3 is 0 Å². The van der Waals surface area contributed by atoms with Crippen molar-refractivity contribution < 1.29 is 0 Å². The molecule has 0 amide bonds. The van der Waals surface area contributed by atoms with Crippen molar-refractivity contribution in [3.05, 3.63) is 107 Å². The van der Waals surface area contributed by atoms with Crippen molar-refractivity contribution in [2.45, 2.75) is 20.3 Å². The van der Waals surface area contributed by atoms with Crippen LogP contribution in [0.3, 0.4) is 0 Å². The number of hydrogen-bond donors (Lipinski definition) is 0. The maximum Gasteiger partial charge on any atom is 0.0974 e. The monoisotopic (exact) mass is 389 g/mol. The number of aryl methyl sites for hydroxylation is 2. The molecule has 1 aliphatic rings. The molecule has 0 spiro atoms. The number of nitrogens with zero attached hydrogens (tertiary/aromatic N) is 3. The van der Waals surface area contributed by atoms with E-state index in [9.17, 15) is 0 Å². The maximum absolute atomic E-state index is 5.17. The molecule has 3 heteroatoms. The minimum atomic E-state index is 0.683. The van der Waals surface area contributed by atoms with E-state index < -0.39 is 0 Å². The highest BCUT2D eigenvalue weighted by molar-refractivity contribution is 6.61. The lowest BCUT2D eigenvalue weighted by atomic mass is 10.1. The van der Waals surface area contributed by atoms with Crippen LogP contribution >= 0.6 is 0 Å². The van der Waals surface area contributed by atoms with Crippen LogP contribution in [0, 0.1) is 13.8 Å². The molecule has 0 saturated carbocycles. The van der Waals surface area contributed by atoms with E-state index in [4.69, 9.17) is 9.98 Å². The largest absolute Gasteiger partial charge is 0.282 e. The number of aromatic nitrogens is 1. The van der Waals surface area contributed by atoms with E-state index in [-0.39, 0.29) is 0 Å². The van der Waals surface area contributed by atoms with E-state index in [2.05, 4.69) is 79.5 Å². The fraction of sp³-hybridized carbons (Fsp3) is 0.148. The first-order chi connectivity index (χ1) is 14.7. The molecule has 0 aliphatic heterocycles. The van der Waals surface area contributed by atoms with E-state index >= 15 is 0 Å². The summed E-state index contributed by atoms with van der Waals surface area (Å²) in [6.45, 7) is 4.92. The number of rotatable bonds is 4. The number of benzene rings is 3. The molecule has 0 fully saturated rings. The number of aliphatic imine (C=N–C) groups is 2. The average molecular weight is 390 g/mol. The number of pyridine rings is 1. The lowest BCUT2D eigenvalue weighted by Gasteiger charge is -2.08. The Morgan fingerprint density at radius 1 is 0.733 bits per heavy atom. The molecule has 1 aliphatic carbocycles. The molecule has 0 N–H and O–H groups in total. The minimum absolute atomic E-state index is 0.683. The third-order valence-electron chi connectivity index (χ3n) is 5.67. The first-order valence-corrected chi connectivity index (χ1v) is 10.3. The number of para-hydroxylation sites is 1. The fourth-order valence-electron chi connectivity index (χ4n) is 4.19. The van der Waals surface area contributed by atoms with Gasteiger partial charge in [-0.1, -0.05) is 60.7 Å². The lowest BCUT2D eigenvalue weighted by molar-refractivity contribution is 0.925. The van der Waals surface area contributed by atoms with Crippen molar-refractivity contribution in [1.29, 1.82) is 0 Å². The van der Waals surface area contributed by atoms with Crippen LogP contribution in [0.4, 0.5) is 5.69 Å². The van der Waals surface area contributed by atoms with Gasteiger partial charge >= 0.3 is 0 Å². The molecule has 1 aromatic heterocycles. The van der Waals surface area contributed by atoms with Crippen LogP contribution < -0.4 is 0 Å². The summed E-state index contributed by atoms with van der Waals surface area (Å²) in [5.74, 6) is 0. The third kappa shape index (κ3) is 3.22. The summed E-state index contributed by atoms with van der Waals surface area (Å²) in [7, 11) is 0. The van der Waals surface area contributed by atoms with Gasteiger partial charge in [-0.3, -0.25) is 9.98 Å². The first-order valence-electron chi connectivity index (χ1n) is 10.3. The Labute approximate surface area is 176 Å². The van der Waals surface area contributed by atoms with Crippen LogP contribution in [0.2, 0.25) is 0 Å². The Balaban J connectivity index is 1.64. The molecule has 3 nitrogen and oxygen atoms in total. The molecule has 0 radical (unpaired) electrons. The van der Waals surface area contributed by atoms with Crippen molar-refractivity contribution in [3.8, 4) is 0 Å². The van der Waals surface area contributed by atoms with E-state index in [1.807, 2.05) is 18.3 Å². The highest BCUT2D eigenvalue weighted by Crippen LogP contribution is 2.34. The Morgan fingerprint density at radius 2 is 1.43 bits per heavy atom. The van der Waals surface area contributed by atoms with Gasteiger partial charge in [-0.2, -0.15) is 0 Å². The smallest absolute Gasteiger partial charge is 0.0974 e. The topological polar surface area (TPSA) is 37.6 Å². The zero-order valence-corrected chi connectivity index (χ0v) is 17.3. The van der Waals surface area contributed by atoms with Gasteiger partial charge in [-0.25, -0.2) is 4.99 Å². The van der Waals surface area contributed by atoms with E-state index in [1.165, 1.54) is 33.0 Å². The molecule has 0 bridgehead atoms. The molecule has 3 aromatic carbocycles. The van der Waals surface area contributed by atoms with Gasteiger partial charge in [0, 0.05) is 41.4 Å². The second kappa shape index (κ2) is 7.68. The van der Waals surface area contributed by atoms with Gasteiger partial charge in [0.05, 0.1) is 17.1 Å². The van der Waals surface area contributed by atoms with Crippen molar-refractivity contribution in [3.63, 3.8) is 0 Å². The Hall–Kier alpha value is -3.59. The van der Waals surface area contributed by atoms with E-state index in [0.717, 1.165) is 29.2 Å². The molecule has 0 unspecified atom stereocenters. The van der Waals surface area contributed by atoms with Crippen molar-refractivity contribution in [2.24, 2.45) is 9.98 Å². The zero-order valence-electron chi connectivity index (χ0n) is 17.3. The van der Waals surface area contributed by atoms with Crippen LogP contribution in [-0.2, 0) is 6.42 Å². The summed E-state index contributed by atoms with van der Waals surface area (Å²) in [6, 6.07) is 25.2. The highest BCUT2D eigenvalue weighted by Gasteiger charge is 2.27. The SMILES string of the molecule is Cc1cccc(C)c1/N=C1/C(=N/CCc2ccccn2)c2cccc3cccc1c23. The van der Waals surface area contributed by atoms with Gasteiger partial charge in [-0.05, 0) is 42.5 Å². The molecular weight excluding hydrogens is 366 g/mol. The van der Waals surface area contributed by atoms with E-state index in [1.54, 1.807) is 0 Å². The first kappa shape index (κ1) is 18.4. The molecule has 0 saturated heterocycles. The van der Waals surface area contributed by atoms with Crippen LogP contribution in [-0.4, -0.2) is 23.0 Å². The van der Waals surface area contributed by atoms with E-state index in [0.29, 0.717) is 6.54 Å². The van der Waals surface area contributed by atoms with Gasteiger partial charge in [-0.15, -0.1) is 0 Å². The quantitative estimate of drug-likeness (QED) is 0.421. The summed E-state index contributed by atoms with van der Waals surface area (Å²) in [6.07, 6.45) is 2.65. The molecular formula is C27H23N3. The summed E-state index contributed by atoms with van der Waals surface area (Å²) in [5.41, 5.74) is 8.76. The fourth-order valence-corrected chi connectivity index (χ4v) is 4.19. The van der Waals surface area contributed by atoms with Gasteiger partial charge in [0.15, 0.2) is 0 Å². The number of hydrogen-bond acceptors (Lipinski definition) is 3. The second-order valence-corrected chi connectivity index (χ2v) is 7.71. The molecule has 1 heterocycles. The van der Waals surface area contributed by atoms with Crippen LogP contribution in [0.1, 0.15) is 27.9 Å². The molecule has 4 aromatic rings.